The Labute approximate surface area is 324 Å². The molecule has 0 rings (SSSR count). The van der Waals surface area contributed by atoms with Crippen molar-refractivity contribution in [3.05, 3.63) is 60.8 Å². The van der Waals surface area contributed by atoms with Crippen LogP contribution in [0.3, 0.4) is 0 Å². The highest BCUT2D eigenvalue weighted by Crippen LogP contribution is 2.43. The van der Waals surface area contributed by atoms with Crippen molar-refractivity contribution in [2.45, 2.75) is 161 Å². The summed E-state index contributed by atoms with van der Waals surface area (Å²) in [5.74, 6) is -2.48. The minimum absolute atomic E-state index is 0.0679. The summed E-state index contributed by atoms with van der Waals surface area (Å²) in [5.41, 5.74) is 5.31. The molecule has 1 unspecified atom stereocenters. The maximum atomic E-state index is 12.6. The molecule has 0 aliphatic carbocycles. The van der Waals surface area contributed by atoms with Crippen molar-refractivity contribution < 1.29 is 52.6 Å². The normalized spacial score (nSPS) is 15.1. The largest absolute Gasteiger partial charge is 0.480 e. The quantitative estimate of drug-likeness (QED) is 0.0155. The van der Waals surface area contributed by atoms with Gasteiger partial charge in [0.2, 0.25) is 0 Å². The second kappa shape index (κ2) is 35.8. The molecule has 5 N–H and O–H groups in total. The van der Waals surface area contributed by atoms with Gasteiger partial charge in [0.05, 0.1) is 19.3 Å². The van der Waals surface area contributed by atoms with Crippen LogP contribution in [0, 0.1) is 0 Å². The number of allylic oxidation sites excluding steroid dienone is 9. The van der Waals surface area contributed by atoms with Gasteiger partial charge >= 0.3 is 25.7 Å². The molecule has 4 atom stereocenters. The van der Waals surface area contributed by atoms with E-state index in [0.717, 1.165) is 38.5 Å². The lowest BCUT2D eigenvalue weighted by molar-refractivity contribution is -0.161. The molecule has 0 fully saturated rings. The summed E-state index contributed by atoms with van der Waals surface area (Å²) in [6, 6.07) is -1.54. The third kappa shape index (κ3) is 34.9. The van der Waals surface area contributed by atoms with Gasteiger partial charge in [-0.05, 0) is 44.9 Å². The van der Waals surface area contributed by atoms with Gasteiger partial charge in [-0.3, -0.25) is 23.4 Å². The van der Waals surface area contributed by atoms with Crippen molar-refractivity contribution in [1.82, 2.24) is 0 Å². The Morgan fingerprint density at radius 3 is 1.76 bits per heavy atom. The van der Waals surface area contributed by atoms with Crippen molar-refractivity contribution in [1.29, 1.82) is 0 Å². The fraction of sp³-hybridized carbons (Fsp3) is 0.683. The molecule has 310 valence electrons. The summed E-state index contributed by atoms with van der Waals surface area (Å²) in [6.45, 7) is 2.38. The smallest absolute Gasteiger partial charge is 0.472 e. The highest BCUT2D eigenvalue weighted by atomic mass is 31.2. The molecular weight excluding hydrogens is 713 g/mol. The van der Waals surface area contributed by atoms with Crippen molar-refractivity contribution in [3.63, 3.8) is 0 Å². The maximum absolute atomic E-state index is 12.6. The second-order valence-electron chi connectivity index (χ2n) is 13.2. The van der Waals surface area contributed by atoms with E-state index < -0.39 is 57.2 Å². The standard InChI is InChI=1S/C41H70NO11P/c1-3-5-6-7-8-9-10-16-19-22-25-28-31-39(44)50-33-37(34-51-54(48,49)52-35-38(42)41(46)47)53-40(45)32-29-26-23-20-17-14-12-11-13-15-18-21-24-27-30-36(43)4-2/h12-15,20-21,23-24,27,30,36-38,43H,3-11,16-19,22,25-26,28-29,31-35,42H2,1-2H3,(H,46,47)(H,48,49)/b14-12-,15-13-,23-20-,24-21-,30-27+/t36-,37-,38+/m1/s1. The fourth-order valence-corrected chi connectivity index (χ4v) is 5.65. The number of phosphoric acid groups is 1. The minimum Gasteiger partial charge on any atom is -0.480 e. The zero-order chi connectivity index (χ0) is 40.1. The van der Waals surface area contributed by atoms with E-state index in [2.05, 4.69) is 35.8 Å². The van der Waals surface area contributed by atoms with Crippen LogP contribution < -0.4 is 5.73 Å². The van der Waals surface area contributed by atoms with Crippen LogP contribution in [0.5, 0.6) is 0 Å². The highest BCUT2D eigenvalue weighted by molar-refractivity contribution is 7.47. The number of ether oxygens (including phenoxy) is 2. The van der Waals surface area contributed by atoms with Gasteiger partial charge in [-0.25, -0.2) is 4.57 Å². The monoisotopic (exact) mass is 783 g/mol. The first kappa shape index (κ1) is 51.1. The van der Waals surface area contributed by atoms with E-state index in [0.29, 0.717) is 25.7 Å². The molecule has 0 spiro atoms. The van der Waals surface area contributed by atoms with E-state index in [4.69, 9.17) is 24.8 Å². The summed E-state index contributed by atoms with van der Waals surface area (Å²) in [7, 11) is -4.74. The van der Waals surface area contributed by atoms with Crippen LogP contribution in [-0.2, 0) is 37.5 Å². The number of carboxylic acids is 1. The predicted octanol–water partition coefficient (Wildman–Crippen LogP) is 8.97. The number of nitrogens with two attached hydrogens (primary N) is 1. The summed E-state index contributed by atoms with van der Waals surface area (Å²) in [5, 5.41) is 18.3. The Hall–Kier alpha value is -2.86. The number of hydrogen-bond acceptors (Lipinski definition) is 10. The molecule has 0 aliphatic rings. The Bertz CT molecular complexity index is 1170. The number of carboxylic acid groups (broad SMARTS) is 1. The van der Waals surface area contributed by atoms with Crippen LogP contribution in [-0.4, -0.2) is 71.1 Å². The molecule has 0 aromatic heterocycles. The van der Waals surface area contributed by atoms with Crippen LogP contribution in [0.25, 0.3) is 0 Å². The highest BCUT2D eigenvalue weighted by Gasteiger charge is 2.28. The topological polar surface area (TPSA) is 192 Å². The molecule has 0 saturated heterocycles. The van der Waals surface area contributed by atoms with Gasteiger partial charge in [-0.15, -0.1) is 0 Å². The van der Waals surface area contributed by atoms with Gasteiger partial charge in [0, 0.05) is 12.8 Å². The Morgan fingerprint density at radius 2 is 1.19 bits per heavy atom. The Kier molecular flexibility index (Phi) is 33.9. The summed E-state index contributed by atoms with van der Waals surface area (Å²) in [4.78, 5) is 45.8. The van der Waals surface area contributed by atoms with Gasteiger partial charge in [0.1, 0.15) is 12.6 Å². The fourth-order valence-electron chi connectivity index (χ4n) is 4.87. The molecule has 54 heavy (non-hydrogen) atoms. The van der Waals surface area contributed by atoms with Gasteiger partial charge in [0.25, 0.3) is 0 Å². The number of carbonyl (C=O) groups excluding carboxylic acids is 2. The van der Waals surface area contributed by atoms with Crippen LogP contribution in [0.15, 0.2) is 60.8 Å². The molecular formula is C41H70NO11P. The van der Waals surface area contributed by atoms with Crippen molar-refractivity contribution in [2.75, 3.05) is 19.8 Å². The Morgan fingerprint density at radius 1 is 0.667 bits per heavy atom. The van der Waals surface area contributed by atoms with Crippen LogP contribution in [0.2, 0.25) is 0 Å². The summed E-state index contributed by atoms with van der Waals surface area (Å²) < 4.78 is 32.5. The lowest BCUT2D eigenvalue weighted by Crippen LogP contribution is -2.34. The molecule has 0 radical (unpaired) electrons. The first-order chi connectivity index (χ1) is 26.0. The van der Waals surface area contributed by atoms with Crippen LogP contribution in [0.1, 0.15) is 142 Å². The van der Waals surface area contributed by atoms with Gasteiger partial charge in [0.15, 0.2) is 6.10 Å². The average Bonchev–Trinajstić information content (AvgIpc) is 3.14. The lowest BCUT2D eigenvalue weighted by Gasteiger charge is -2.20. The van der Waals surface area contributed by atoms with E-state index in [9.17, 15) is 28.9 Å². The molecule has 0 saturated carbocycles. The van der Waals surface area contributed by atoms with Crippen LogP contribution in [0.4, 0.5) is 0 Å². The lowest BCUT2D eigenvalue weighted by atomic mass is 10.0. The zero-order valence-electron chi connectivity index (χ0n) is 32.9. The molecule has 0 aromatic carbocycles. The summed E-state index contributed by atoms with van der Waals surface area (Å²) in [6.07, 6.45) is 36.8. The number of rotatable bonds is 36. The number of hydrogen-bond donors (Lipinski definition) is 4. The molecule has 12 nitrogen and oxygen atoms in total. The van der Waals surface area contributed by atoms with E-state index >= 15 is 0 Å². The summed E-state index contributed by atoms with van der Waals surface area (Å²) >= 11 is 0. The van der Waals surface area contributed by atoms with E-state index in [1.807, 2.05) is 37.3 Å². The zero-order valence-corrected chi connectivity index (χ0v) is 33.8. The molecule has 0 amide bonds. The Balaban J connectivity index is 4.55. The number of unbranched alkanes of at least 4 members (excludes halogenated alkanes) is 12. The average molecular weight is 784 g/mol. The van der Waals surface area contributed by atoms with E-state index in [1.54, 1.807) is 6.08 Å². The SMILES string of the molecule is CCCCCCCCCCCCCCC(=O)OC[C@H](COP(=O)(O)OC[C@H](N)C(=O)O)OC(=O)CCC/C=C\C/C=C\C/C=C\C/C=C\C=C\[C@H](O)CC. The van der Waals surface area contributed by atoms with Crippen LogP contribution >= 0.6 is 7.82 Å². The predicted molar refractivity (Wildman–Crippen MR) is 214 cm³/mol. The number of esters is 2. The van der Waals surface area contributed by atoms with Crippen molar-refractivity contribution >= 4 is 25.7 Å². The third-order valence-corrected chi connectivity index (χ3v) is 9.14. The number of aliphatic hydroxyl groups is 1. The first-order valence-electron chi connectivity index (χ1n) is 19.9. The number of aliphatic hydroxyl groups excluding tert-OH is 1. The number of aliphatic carboxylic acids is 1. The van der Waals surface area contributed by atoms with E-state index in [-0.39, 0.29) is 19.4 Å². The minimum atomic E-state index is -4.74. The van der Waals surface area contributed by atoms with Crippen molar-refractivity contribution in [3.8, 4) is 0 Å². The number of carbonyl (C=O) groups is 3. The first-order valence-corrected chi connectivity index (χ1v) is 21.4. The third-order valence-electron chi connectivity index (χ3n) is 8.19. The number of phosphoric ester groups is 1. The maximum Gasteiger partial charge on any atom is 0.472 e. The molecule has 13 heteroatoms. The van der Waals surface area contributed by atoms with Gasteiger partial charge in [-0.2, -0.15) is 0 Å². The molecule has 0 aliphatic heterocycles. The van der Waals surface area contributed by atoms with Gasteiger partial charge < -0.3 is 30.3 Å². The second-order valence-corrected chi connectivity index (χ2v) is 14.7. The molecule has 0 aromatic rings. The molecule has 0 bridgehead atoms. The van der Waals surface area contributed by atoms with Gasteiger partial charge in [-0.1, -0.05) is 145 Å². The molecule has 0 heterocycles. The van der Waals surface area contributed by atoms with E-state index in [1.165, 1.54) is 51.4 Å². The van der Waals surface area contributed by atoms with Crippen molar-refractivity contribution in [2.24, 2.45) is 5.73 Å².